The van der Waals surface area contributed by atoms with Crippen LogP contribution in [0.4, 0.5) is 4.39 Å². The molecule has 3 aromatic rings. The molecular weight excluding hydrogens is 287 g/mol. The van der Waals surface area contributed by atoms with Gasteiger partial charge in [0.1, 0.15) is 12.4 Å². The molecule has 5 nitrogen and oxygen atoms in total. The first-order valence-corrected chi connectivity index (χ1v) is 6.63. The molecule has 0 bridgehead atoms. The van der Waals surface area contributed by atoms with Crippen LogP contribution in [0.5, 0.6) is 5.75 Å². The van der Waals surface area contributed by atoms with Crippen molar-refractivity contribution in [2.45, 2.75) is 13.5 Å². The maximum atomic E-state index is 13.6. The summed E-state index contributed by atoms with van der Waals surface area (Å²) in [6.07, 6.45) is 3.17. The molecule has 0 saturated carbocycles. The van der Waals surface area contributed by atoms with Gasteiger partial charge in [0.2, 0.25) is 0 Å². The van der Waals surface area contributed by atoms with Crippen LogP contribution in [0, 0.1) is 12.7 Å². The molecule has 1 aromatic carbocycles. The lowest BCUT2D eigenvalue weighted by Gasteiger charge is -2.09. The van der Waals surface area contributed by atoms with Crippen LogP contribution in [-0.2, 0) is 6.61 Å². The highest BCUT2D eigenvalue weighted by Crippen LogP contribution is 2.23. The molecule has 3 rings (SSSR count). The number of benzene rings is 1. The number of carboxylic acid groups (broad SMARTS) is 1. The van der Waals surface area contributed by atoms with Gasteiger partial charge in [0, 0.05) is 24.0 Å². The van der Waals surface area contributed by atoms with Crippen molar-refractivity contribution in [1.29, 1.82) is 0 Å². The van der Waals surface area contributed by atoms with E-state index in [4.69, 9.17) is 9.84 Å². The fourth-order valence-electron chi connectivity index (χ4n) is 2.18. The third-order valence-electron chi connectivity index (χ3n) is 3.23. The van der Waals surface area contributed by atoms with Crippen molar-refractivity contribution < 1.29 is 19.0 Å². The van der Waals surface area contributed by atoms with Crippen molar-refractivity contribution in [1.82, 2.24) is 9.38 Å². The Morgan fingerprint density at radius 1 is 1.36 bits per heavy atom. The molecule has 2 aromatic heterocycles. The molecule has 0 aliphatic heterocycles. The van der Waals surface area contributed by atoms with Crippen LogP contribution in [0.2, 0.25) is 0 Å². The van der Waals surface area contributed by atoms with E-state index in [-0.39, 0.29) is 18.0 Å². The molecule has 112 valence electrons. The topological polar surface area (TPSA) is 63.8 Å². The first-order valence-electron chi connectivity index (χ1n) is 6.63. The molecule has 0 atom stereocenters. The predicted octanol–water partition coefficient (Wildman–Crippen LogP) is 3.06. The summed E-state index contributed by atoms with van der Waals surface area (Å²) < 4.78 is 20.8. The van der Waals surface area contributed by atoms with Gasteiger partial charge in [-0.2, -0.15) is 0 Å². The van der Waals surface area contributed by atoms with E-state index >= 15 is 0 Å². The van der Waals surface area contributed by atoms with Gasteiger partial charge in [-0.3, -0.25) is 0 Å². The zero-order valence-electron chi connectivity index (χ0n) is 11.8. The highest BCUT2D eigenvalue weighted by molar-refractivity contribution is 5.88. The summed E-state index contributed by atoms with van der Waals surface area (Å²) in [6.45, 7) is 1.80. The van der Waals surface area contributed by atoms with Crippen LogP contribution in [0.3, 0.4) is 0 Å². The number of hydrogen-bond acceptors (Lipinski definition) is 3. The molecular formula is C16H13FN2O3. The predicted molar refractivity (Wildman–Crippen MR) is 77.6 cm³/mol. The SMILES string of the molecule is Cc1cn2cc(C(=O)O)cc(OCc3ccccc3F)c2n1. The van der Waals surface area contributed by atoms with Crippen molar-refractivity contribution in [3.63, 3.8) is 0 Å². The average Bonchev–Trinajstić information content (AvgIpc) is 2.86. The van der Waals surface area contributed by atoms with E-state index in [0.29, 0.717) is 17.0 Å². The van der Waals surface area contributed by atoms with Gasteiger partial charge in [-0.25, -0.2) is 14.2 Å². The lowest BCUT2D eigenvalue weighted by molar-refractivity contribution is 0.0695. The minimum absolute atomic E-state index is 0.00267. The van der Waals surface area contributed by atoms with Crippen LogP contribution >= 0.6 is 0 Å². The number of aromatic nitrogens is 2. The standard InChI is InChI=1S/C16H13FN2O3/c1-10-7-19-8-12(16(20)21)6-14(15(19)18-10)22-9-11-4-2-3-5-13(11)17/h2-8H,9H2,1H3,(H,20,21). The van der Waals surface area contributed by atoms with E-state index in [9.17, 15) is 9.18 Å². The van der Waals surface area contributed by atoms with Crippen molar-refractivity contribution in [2.24, 2.45) is 0 Å². The molecule has 0 fully saturated rings. The second-order valence-corrected chi connectivity index (χ2v) is 4.89. The van der Waals surface area contributed by atoms with Crippen LogP contribution in [0.1, 0.15) is 21.6 Å². The number of fused-ring (bicyclic) bond motifs is 1. The zero-order chi connectivity index (χ0) is 15.7. The lowest BCUT2D eigenvalue weighted by Crippen LogP contribution is -2.04. The van der Waals surface area contributed by atoms with E-state index in [2.05, 4.69) is 4.98 Å². The largest absolute Gasteiger partial charge is 0.485 e. The van der Waals surface area contributed by atoms with Gasteiger partial charge in [0.15, 0.2) is 11.4 Å². The number of imidazole rings is 1. The number of carbonyl (C=O) groups is 1. The maximum Gasteiger partial charge on any atom is 0.337 e. The zero-order valence-corrected chi connectivity index (χ0v) is 11.8. The van der Waals surface area contributed by atoms with Crippen molar-refractivity contribution in [2.75, 3.05) is 0 Å². The molecule has 0 aliphatic rings. The molecule has 0 spiro atoms. The second-order valence-electron chi connectivity index (χ2n) is 4.89. The summed E-state index contributed by atoms with van der Waals surface area (Å²) in [5, 5.41) is 9.16. The minimum Gasteiger partial charge on any atom is -0.485 e. The first kappa shape index (κ1) is 14.1. The molecule has 0 aliphatic carbocycles. The van der Waals surface area contributed by atoms with Crippen LogP contribution in [0.25, 0.3) is 5.65 Å². The number of aromatic carboxylic acids is 1. The summed E-state index contributed by atoms with van der Waals surface area (Å²) in [6, 6.07) is 7.67. The first-order chi connectivity index (χ1) is 10.5. The van der Waals surface area contributed by atoms with Gasteiger partial charge < -0.3 is 14.2 Å². The van der Waals surface area contributed by atoms with Crippen molar-refractivity contribution >= 4 is 11.6 Å². The number of nitrogens with zero attached hydrogens (tertiary/aromatic N) is 2. The van der Waals surface area contributed by atoms with Gasteiger partial charge in [0.05, 0.1) is 11.3 Å². The summed E-state index contributed by atoms with van der Waals surface area (Å²) in [5.74, 6) is -1.13. The third kappa shape index (κ3) is 2.63. The number of rotatable bonds is 4. The van der Waals surface area contributed by atoms with Gasteiger partial charge >= 0.3 is 5.97 Å². The minimum atomic E-state index is -1.07. The molecule has 22 heavy (non-hydrogen) atoms. The third-order valence-corrected chi connectivity index (χ3v) is 3.23. The van der Waals surface area contributed by atoms with E-state index in [0.717, 1.165) is 5.69 Å². The summed E-state index contributed by atoms with van der Waals surface area (Å²) in [7, 11) is 0. The van der Waals surface area contributed by atoms with Gasteiger partial charge in [0.25, 0.3) is 0 Å². The van der Waals surface area contributed by atoms with Gasteiger partial charge in [-0.05, 0) is 13.0 Å². The molecule has 2 heterocycles. The van der Waals surface area contributed by atoms with Crippen LogP contribution in [0.15, 0.2) is 42.7 Å². The molecule has 6 heteroatoms. The van der Waals surface area contributed by atoms with Gasteiger partial charge in [-0.1, -0.05) is 18.2 Å². The highest BCUT2D eigenvalue weighted by atomic mass is 19.1. The van der Waals surface area contributed by atoms with E-state index in [1.165, 1.54) is 18.3 Å². The monoisotopic (exact) mass is 300 g/mol. The van der Waals surface area contributed by atoms with E-state index in [1.54, 1.807) is 35.7 Å². The van der Waals surface area contributed by atoms with Crippen LogP contribution < -0.4 is 4.74 Å². The Morgan fingerprint density at radius 3 is 2.86 bits per heavy atom. The fraction of sp³-hybridized carbons (Fsp3) is 0.125. The Hall–Kier alpha value is -2.89. The summed E-state index contributed by atoms with van der Waals surface area (Å²) >= 11 is 0. The molecule has 0 radical (unpaired) electrons. The van der Waals surface area contributed by atoms with Crippen molar-refractivity contribution in [3.05, 3.63) is 65.4 Å². The number of ether oxygens (including phenoxy) is 1. The highest BCUT2D eigenvalue weighted by Gasteiger charge is 2.13. The maximum absolute atomic E-state index is 13.6. The normalized spacial score (nSPS) is 10.8. The summed E-state index contributed by atoms with van der Waals surface area (Å²) in [4.78, 5) is 15.5. The van der Waals surface area contributed by atoms with Gasteiger partial charge in [-0.15, -0.1) is 0 Å². The van der Waals surface area contributed by atoms with Crippen LogP contribution in [-0.4, -0.2) is 20.5 Å². The number of halogens is 1. The average molecular weight is 300 g/mol. The number of aryl methyl sites for hydroxylation is 1. The molecule has 1 N–H and O–H groups in total. The number of carboxylic acids is 1. The quantitative estimate of drug-likeness (QED) is 0.804. The Balaban J connectivity index is 1.98. The van der Waals surface area contributed by atoms with E-state index in [1.807, 2.05) is 0 Å². The number of hydrogen-bond donors (Lipinski definition) is 1. The van der Waals surface area contributed by atoms with E-state index < -0.39 is 5.97 Å². The smallest absolute Gasteiger partial charge is 0.337 e. The molecule has 0 saturated heterocycles. The fourth-order valence-corrected chi connectivity index (χ4v) is 2.18. The molecule has 0 amide bonds. The Labute approximate surface area is 125 Å². The lowest BCUT2D eigenvalue weighted by atomic mass is 10.2. The number of pyridine rings is 1. The second kappa shape index (κ2) is 5.48. The Morgan fingerprint density at radius 2 is 2.14 bits per heavy atom. The Bertz CT molecular complexity index is 858. The Kier molecular flexibility index (Phi) is 3.50. The summed E-state index contributed by atoms with van der Waals surface area (Å²) in [5.41, 5.74) is 1.70. The van der Waals surface area contributed by atoms with Crippen molar-refractivity contribution in [3.8, 4) is 5.75 Å². The molecule has 0 unspecified atom stereocenters.